The average molecular weight is 821 g/mol. The summed E-state index contributed by atoms with van der Waals surface area (Å²) in [6, 6.07) is 12.5. The quantitative estimate of drug-likeness (QED) is 0.0262. The largest absolute Gasteiger partial charge is 0.390 e. The van der Waals surface area contributed by atoms with Crippen molar-refractivity contribution >= 4 is 61.6 Å². The molecule has 2 heterocycles. The van der Waals surface area contributed by atoms with Crippen LogP contribution in [0.2, 0.25) is 0 Å². The third-order valence-corrected chi connectivity index (χ3v) is 11.9. The molecule has 0 saturated carbocycles. The van der Waals surface area contributed by atoms with Crippen LogP contribution in [-0.4, -0.2) is 85.0 Å². The number of ketones is 1. The van der Waals surface area contributed by atoms with Gasteiger partial charge in [-0.2, -0.15) is 0 Å². The Hall–Kier alpha value is -4.84. The van der Waals surface area contributed by atoms with Crippen LogP contribution in [0.1, 0.15) is 58.2 Å². The number of imidazole rings is 1. The Balaban J connectivity index is 1.58. The van der Waals surface area contributed by atoms with Crippen molar-refractivity contribution in [3.63, 3.8) is 0 Å². The van der Waals surface area contributed by atoms with Gasteiger partial charge >= 0.3 is 5.69 Å². The number of aliphatic hydroxyl groups is 1. The first-order chi connectivity index (χ1) is 27.3. The predicted octanol–water partition coefficient (Wildman–Crippen LogP) is 4.53. The van der Waals surface area contributed by atoms with Gasteiger partial charge in [0.2, 0.25) is 17.7 Å². The zero-order chi connectivity index (χ0) is 41.5. The van der Waals surface area contributed by atoms with E-state index in [0.717, 1.165) is 33.6 Å². The molecule has 3 amide bonds. The fourth-order valence-corrected chi connectivity index (χ4v) is 8.24. The lowest BCUT2D eigenvalue weighted by Gasteiger charge is -2.31. The molecule has 0 aliphatic carbocycles. The molecule has 4 aromatic rings. The summed E-state index contributed by atoms with van der Waals surface area (Å²) in [7, 11) is 2.30. The van der Waals surface area contributed by atoms with E-state index in [9.17, 15) is 34.4 Å². The van der Waals surface area contributed by atoms with E-state index in [4.69, 9.17) is 5.73 Å². The molecule has 0 aliphatic rings. The van der Waals surface area contributed by atoms with E-state index >= 15 is 0 Å². The molecule has 0 radical (unpaired) electrons. The third-order valence-electron chi connectivity index (χ3n) is 9.59. The summed E-state index contributed by atoms with van der Waals surface area (Å²) in [6.45, 7) is 8.10. The number of aliphatic hydroxyl groups excluding tert-OH is 1. The summed E-state index contributed by atoms with van der Waals surface area (Å²) in [4.78, 5) is 77.3. The van der Waals surface area contributed by atoms with Gasteiger partial charge in [-0.15, -0.1) is 0 Å². The van der Waals surface area contributed by atoms with Gasteiger partial charge in [0.1, 0.15) is 12.1 Å². The third kappa shape index (κ3) is 13.4. The first-order valence-electron chi connectivity index (χ1n) is 19.0. The van der Waals surface area contributed by atoms with Gasteiger partial charge in [0.25, 0.3) is 0 Å². The van der Waals surface area contributed by atoms with Crippen LogP contribution in [0.15, 0.2) is 78.3 Å². The lowest BCUT2D eigenvalue weighted by molar-refractivity contribution is -0.388. The molecule has 57 heavy (non-hydrogen) atoms. The second kappa shape index (κ2) is 22.2. The Kier molecular flexibility index (Phi) is 17.5. The maximum absolute atomic E-state index is 14.5. The highest BCUT2D eigenvalue weighted by molar-refractivity contribution is 8.76. The number of rotatable bonds is 23. The lowest BCUT2D eigenvalue weighted by atomic mass is 9.81. The van der Waals surface area contributed by atoms with Crippen LogP contribution in [0.3, 0.4) is 0 Å². The summed E-state index contributed by atoms with van der Waals surface area (Å²) in [5.41, 5.74) is 7.47. The number of hydrogen-bond donors (Lipinski definition) is 6. The molecule has 4 rings (SSSR count). The zero-order valence-corrected chi connectivity index (χ0v) is 34.2. The van der Waals surface area contributed by atoms with E-state index in [1.165, 1.54) is 41.6 Å². The van der Waals surface area contributed by atoms with E-state index in [-0.39, 0.29) is 54.0 Å². The van der Waals surface area contributed by atoms with Crippen molar-refractivity contribution in [1.29, 1.82) is 0 Å². The van der Waals surface area contributed by atoms with Gasteiger partial charge in [-0.3, -0.25) is 29.3 Å². The summed E-state index contributed by atoms with van der Waals surface area (Å²) < 4.78 is 0. The molecule has 0 bridgehead atoms. The Morgan fingerprint density at radius 3 is 2.44 bits per heavy atom. The lowest BCUT2D eigenvalue weighted by Crippen LogP contribution is -2.58. The number of Topliss-reactive ketones (excluding diaryl/α,β-unsaturated/α-hetero) is 1. The number of hydrogen-bond acceptors (Lipinski definition) is 12. The van der Waals surface area contributed by atoms with Crippen molar-refractivity contribution in [2.75, 3.05) is 12.3 Å². The molecule has 0 fully saturated rings. The molecule has 17 heteroatoms. The number of carbonyl (C=O) groups is 4. The summed E-state index contributed by atoms with van der Waals surface area (Å²) in [5.74, 6) is -2.91. The monoisotopic (exact) mass is 820 g/mol. The first-order valence-corrected chi connectivity index (χ1v) is 21.3. The van der Waals surface area contributed by atoms with Crippen molar-refractivity contribution in [2.24, 2.45) is 23.5 Å². The van der Waals surface area contributed by atoms with Gasteiger partial charge in [0, 0.05) is 61.6 Å². The van der Waals surface area contributed by atoms with Crippen LogP contribution in [0.5, 0.6) is 0 Å². The number of amides is 3. The van der Waals surface area contributed by atoms with Gasteiger partial charge in [0.15, 0.2) is 10.8 Å². The maximum atomic E-state index is 14.5. The topological polar surface area (TPSA) is 235 Å². The smallest absolute Gasteiger partial charge is 0.302 e. The molecule has 2 aromatic heterocycles. The minimum Gasteiger partial charge on any atom is -0.390 e. The Morgan fingerprint density at radius 2 is 1.74 bits per heavy atom. The molecule has 306 valence electrons. The molecule has 6 atom stereocenters. The van der Waals surface area contributed by atoms with Crippen LogP contribution in [-0.2, 0) is 32.0 Å². The van der Waals surface area contributed by atoms with Crippen LogP contribution in [0.25, 0.3) is 10.8 Å². The standard InChI is InChI=1S/C40H52N8O7S2/c1-5-25(4)21-44-39(53)35(41)37(51)30(18-24(2)3)36(50)31(20-28-22-42-23-45-28)47-38(52)32(19-27-12-8-11-26-10-6-7-13-29(26)27)46-34(49)15-17-56-57-40-33(48(54)55)14-9-16-43-40/h6-14,16,22-25,30-32,35,37,51H,5,15,17-21,41H2,1-4H3,(H,42,45)(H,44,53)(H,46,49)(H,47,52)/t25?,30-,31+,32+,35?,37+/m1/s1. The van der Waals surface area contributed by atoms with Crippen molar-refractivity contribution in [1.82, 2.24) is 30.9 Å². The van der Waals surface area contributed by atoms with Crippen LogP contribution < -0.4 is 21.7 Å². The number of carbonyl (C=O) groups excluding carboxylic acids is 4. The highest BCUT2D eigenvalue weighted by Crippen LogP contribution is 2.35. The summed E-state index contributed by atoms with van der Waals surface area (Å²) in [5, 5.41) is 33.4. The molecular weight excluding hydrogens is 769 g/mol. The van der Waals surface area contributed by atoms with Crippen molar-refractivity contribution in [3.8, 4) is 0 Å². The van der Waals surface area contributed by atoms with Gasteiger partial charge < -0.3 is 31.8 Å². The molecular formula is C40H52N8O7S2. The zero-order valence-electron chi connectivity index (χ0n) is 32.6. The van der Waals surface area contributed by atoms with E-state index in [1.54, 1.807) is 0 Å². The van der Waals surface area contributed by atoms with E-state index in [0.29, 0.717) is 12.2 Å². The molecule has 0 saturated heterocycles. The minimum absolute atomic E-state index is 0.0101. The number of pyridine rings is 1. The number of benzene rings is 2. The number of H-pyrrole nitrogens is 1. The van der Waals surface area contributed by atoms with Crippen molar-refractivity contribution in [3.05, 3.63) is 94.7 Å². The molecule has 15 nitrogen and oxygen atoms in total. The van der Waals surface area contributed by atoms with E-state index in [1.807, 2.05) is 70.2 Å². The maximum Gasteiger partial charge on any atom is 0.302 e. The average Bonchev–Trinajstić information content (AvgIpc) is 3.72. The Labute approximate surface area is 340 Å². The van der Waals surface area contributed by atoms with Crippen molar-refractivity contribution in [2.45, 2.75) is 89.1 Å². The molecule has 2 aromatic carbocycles. The first kappa shape index (κ1) is 44.9. The molecule has 2 unspecified atom stereocenters. The number of fused-ring (bicyclic) bond motifs is 1. The minimum atomic E-state index is -1.55. The number of nitrogens with zero attached hydrogens (tertiary/aromatic N) is 3. The normalized spacial score (nSPS) is 14.6. The SMILES string of the molecule is CCC(C)CNC(=O)C(N)[C@@H](O)[C@H](CC(C)C)C(=O)[C@H](Cc1cnc[nH]1)NC(=O)[C@H](Cc1cccc2ccccc12)NC(=O)CCSSc1ncccc1[N+](=O)[O-]. The number of nitrogens with two attached hydrogens (primary N) is 1. The van der Waals surface area contributed by atoms with Crippen LogP contribution in [0, 0.1) is 27.9 Å². The fraction of sp³-hybridized carbons (Fsp3) is 0.450. The van der Waals surface area contributed by atoms with Gasteiger partial charge in [-0.1, -0.05) is 87.4 Å². The second-order valence-corrected chi connectivity index (χ2v) is 16.9. The molecule has 0 spiro atoms. The Morgan fingerprint density at radius 1 is 0.982 bits per heavy atom. The van der Waals surface area contributed by atoms with Crippen LogP contribution >= 0.6 is 21.6 Å². The highest BCUT2D eigenvalue weighted by atomic mass is 33.1. The summed E-state index contributed by atoms with van der Waals surface area (Å²) >= 11 is 0. The van der Waals surface area contributed by atoms with Gasteiger partial charge in [-0.25, -0.2) is 9.97 Å². The van der Waals surface area contributed by atoms with Crippen molar-refractivity contribution < 1.29 is 29.2 Å². The number of nitrogens with one attached hydrogen (secondary N) is 4. The number of nitro groups is 1. The number of aromatic nitrogens is 3. The number of aromatic amines is 1. The molecule has 0 aliphatic heterocycles. The molecule has 7 N–H and O–H groups in total. The van der Waals surface area contributed by atoms with Gasteiger partial charge in [0.05, 0.1) is 23.4 Å². The Bertz CT molecular complexity index is 1960. The van der Waals surface area contributed by atoms with Gasteiger partial charge in [-0.05, 0) is 51.5 Å². The van der Waals surface area contributed by atoms with Crippen LogP contribution in [0.4, 0.5) is 5.69 Å². The highest BCUT2D eigenvalue weighted by Gasteiger charge is 2.39. The fourth-order valence-electron chi connectivity index (χ4n) is 6.23. The predicted molar refractivity (Wildman–Crippen MR) is 222 cm³/mol. The van der Waals surface area contributed by atoms with E-state index in [2.05, 4.69) is 30.9 Å². The van der Waals surface area contributed by atoms with E-state index < -0.39 is 58.6 Å². The summed E-state index contributed by atoms with van der Waals surface area (Å²) in [6.07, 6.45) is 3.96. The second-order valence-electron chi connectivity index (χ2n) is 14.5.